The van der Waals surface area contributed by atoms with E-state index < -0.39 is 0 Å². The molecule has 19 heavy (non-hydrogen) atoms. The Labute approximate surface area is 116 Å². The van der Waals surface area contributed by atoms with Crippen LogP contribution in [0.2, 0.25) is 5.28 Å². The molecule has 3 nitrogen and oxygen atoms in total. The minimum atomic E-state index is 0.266. The second-order valence-corrected chi connectivity index (χ2v) is 4.87. The van der Waals surface area contributed by atoms with Gasteiger partial charge in [0.1, 0.15) is 0 Å². The molecule has 0 amide bonds. The minimum absolute atomic E-state index is 0.266. The van der Waals surface area contributed by atoms with Crippen molar-refractivity contribution in [3.05, 3.63) is 53.1 Å². The molecule has 0 aliphatic rings. The number of nitrogens with zero attached hydrogens (tertiary/aromatic N) is 3. The van der Waals surface area contributed by atoms with Crippen molar-refractivity contribution in [2.75, 3.05) is 0 Å². The lowest BCUT2D eigenvalue weighted by molar-refractivity contribution is 1.13. The van der Waals surface area contributed by atoms with Crippen LogP contribution in [0, 0.1) is 13.8 Å². The van der Waals surface area contributed by atoms with Gasteiger partial charge in [0.05, 0.1) is 11.2 Å². The number of benzene rings is 1. The van der Waals surface area contributed by atoms with E-state index in [2.05, 4.69) is 27.1 Å². The number of rotatable bonds is 1. The first kappa shape index (κ1) is 12.1. The predicted molar refractivity (Wildman–Crippen MR) is 77.3 cm³/mol. The van der Waals surface area contributed by atoms with Gasteiger partial charge in [-0.2, -0.15) is 0 Å². The summed E-state index contributed by atoms with van der Waals surface area (Å²) in [7, 11) is 0. The van der Waals surface area contributed by atoms with Gasteiger partial charge in [-0.3, -0.25) is 4.98 Å². The smallest absolute Gasteiger partial charge is 0.222 e. The summed E-state index contributed by atoms with van der Waals surface area (Å²) in [5.41, 5.74) is 4.90. The molecule has 0 unspecified atom stereocenters. The van der Waals surface area contributed by atoms with Crippen molar-refractivity contribution in [2.24, 2.45) is 0 Å². The van der Waals surface area contributed by atoms with Crippen molar-refractivity contribution in [1.82, 2.24) is 15.0 Å². The molecule has 0 aliphatic carbocycles. The fourth-order valence-corrected chi connectivity index (χ4v) is 2.22. The van der Waals surface area contributed by atoms with Crippen LogP contribution >= 0.6 is 11.6 Å². The first-order valence-corrected chi connectivity index (χ1v) is 6.38. The Morgan fingerprint density at radius 3 is 2.68 bits per heavy atom. The molecule has 0 radical (unpaired) electrons. The normalized spacial score (nSPS) is 10.9. The van der Waals surface area contributed by atoms with E-state index in [9.17, 15) is 0 Å². The molecule has 0 saturated carbocycles. The molecule has 1 aromatic carbocycles. The molecule has 0 spiro atoms. The van der Waals surface area contributed by atoms with Gasteiger partial charge in [-0.1, -0.05) is 12.1 Å². The Morgan fingerprint density at radius 1 is 1.00 bits per heavy atom. The standard InChI is InChI=1S/C15H12ClN3/c1-9-8-17-15(16)19-14(9)12-5-6-13-11(7-12)4-3-10(2)18-13/h3-8H,1-2H3. The molecule has 0 N–H and O–H groups in total. The molecule has 4 heteroatoms. The molecule has 0 aliphatic heterocycles. The molecule has 94 valence electrons. The van der Waals surface area contributed by atoms with Crippen molar-refractivity contribution < 1.29 is 0 Å². The maximum absolute atomic E-state index is 5.87. The summed E-state index contributed by atoms with van der Waals surface area (Å²) in [6.07, 6.45) is 1.74. The fourth-order valence-electron chi connectivity index (χ4n) is 2.09. The van der Waals surface area contributed by atoms with Gasteiger partial charge in [-0.05, 0) is 49.2 Å². The molecule has 0 bridgehead atoms. The van der Waals surface area contributed by atoms with Crippen molar-refractivity contribution in [3.8, 4) is 11.3 Å². The van der Waals surface area contributed by atoms with Crippen molar-refractivity contribution >= 4 is 22.5 Å². The second kappa shape index (κ2) is 4.59. The average molecular weight is 270 g/mol. The zero-order valence-corrected chi connectivity index (χ0v) is 11.4. The maximum Gasteiger partial charge on any atom is 0.222 e. The molecule has 0 atom stereocenters. The van der Waals surface area contributed by atoms with E-state index in [-0.39, 0.29) is 5.28 Å². The third kappa shape index (κ3) is 2.29. The highest BCUT2D eigenvalue weighted by Gasteiger charge is 2.07. The van der Waals surface area contributed by atoms with Crippen LogP contribution in [-0.4, -0.2) is 15.0 Å². The van der Waals surface area contributed by atoms with Crippen molar-refractivity contribution in [1.29, 1.82) is 0 Å². The number of halogens is 1. The van der Waals surface area contributed by atoms with Crippen LogP contribution in [0.1, 0.15) is 11.3 Å². The van der Waals surface area contributed by atoms with E-state index in [1.54, 1.807) is 6.20 Å². The number of aryl methyl sites for hydroxylation is 2. The Bertz CT molecular complexity index is 768. The highest BCUT2D eigenvalue weighted by Crippen LogP contribution is 2.25. The lowest BCUT2D eigenvalue weighted by Crippen LogP contribution is -1.92. The largest absolute Gasteiger partial charge is 0.253 e. The van der Waals surface area contributed by atoms with E-state index in [0.29, 0.717) is 0 Å². The highest BCUT2D eigenvalue weighted by molar-refractivity contribution is 6.28. The highest BCUT2D eigenvalue weighted by atomic mass is 35.5. The Kier molecular flexibility index (Phi) is 2.91. The van der Waals surface area contributed by atoms with Crippen LogP contribution in [0.15, 0.2) is 36.5 Å². The van der Waals surface area contributed by atoms with Gasteiger partial charge in [0.25, 0.3) is 0 Å². The third-order valence-corrected chi connectivity index (χ3v) is 3.23. The van der Waals surface area contributed by atoms with Gasteiger partial charge in [-0.25, -0.2) is 9.97 Å². The summed E-state index contributed by atoms with van der Waals surface area (Å²) in [4.78, 5) is 12.8. The maximum atomic E-state index is 5.87. The van der Waals surface area contributed by atoms with Crippen LogP contribution in [0.4, 0.5) is 0 Å². The van der Waals surface area contributed by atoms with Gasteiger partial charge < -0.3 is 0 Å². The molecule has 0 saturated heterocycles. The SMILES string of the molecule is Cc1ccc2cc(-c3nc(Cl)ncc3C)ccc2n1. The molecule has 2 heterocycles. The summed E-state index contributed by atoms with van der Waals surface area (Å²) in [6.45, 7) is 3.96. The molecule has 3 aromatic rings. The molecule has 2 aromatic heterocycles. The number of fused-ring (bicyclic) bond motifs is 1. The molecule has 3 rings (SSSR count). The van der Waals surface area contributed by atoms with Gasteiger partial charge in [0, 0.05) is 22.8 Å². The van der Waals surface area contributed by atoms with Crippen molar-refractivity contribution in [2.45, 2.75) is 13.8 Å². The minimum Gasteiger partial charge on any atom is -0.253 e. The predicted octanol–water partition coefficient (Wildman–Crippen LogP) is 3.96. The van der Waals surface area contributed by atoms with E-state index in [0.717, 1.165) is 33.4 Å². The Balaban J connectivity index is 2.20. The lowest BCUT2D eigenvalue weighted by Gasteiger charge is -2.06. The first-order valence-electron chi connectivity index (χ1n) is 6.00. The van der Waals surface area contributed by atoms with E-state index in [1.165, 1.54) is 0 Å². The zero-order valence-electron chi connectivity index (χ0n) is 10.7. The van der Waals surface area contributed by atoms with Gasteiger partial charge in [0.15, 0.2) is 0 Å². The number of aromatic nitrogens is 3. The average Bonchev–Trinajstić information content (AvgIpc) is 2.41. The lowest BCUT2D eigenvalue weighted by atomic mass is 10.1. The van der Waals surface area contributed by atoms with Crippen LogP contribution in [0.3, 0.4) is 0 Å². The van der Waals surface area contributed by atoms with E-state index >= 15 is 0 Å². The second-order valence-electron chi connectivity index (χ2n) is 4.53. The third-order valence-electron chi connectivity index (χ3n) is 3.04. The van der Waals surface area contributed by atoms with E-state index in [4.69, 9.17) is 11.6 Å². The van der Waals surface area contributed by atoms with Crippen LogP contribution < -0.4 is 0 Å². The molecule has 0 fully saturated rings. The first-order chi connectivity index (χ1) is 9.13. The summed E-state index contributed by atoms with van der Waals surface area (Å²) >= 11 is 5.87. The number of pyridine rings is 1. The Hall–Kier alpha value is -2.00. The zero-order chi connectivity index (χ0) is 13.4. The van der Waals surface area contributed by atoms with Crippen molar-refractivity contribution in [3.63, 3.8) is 0 Å². The van der Waals surface area contributed by atoms with E-state index in [1.807, 2.05) is 32.0 Å². The van der Waals surface area contributed by atoms with Gasteiger partial charge >= 0.3 is 0 Å². The van der Waals surface area contributed by atoms with Gasteiger partial charge in [-0.15, -0.1) is 0 Å². The van der Waals surface area contributed by atoms with Gasteiger partial charge in [0.2, 0.25) is 5.28 Å². The molecular weight excluding hydrogens is 258 g/mol. The number of hydrogen-bond acceptors (Lipinski definition) is 3. The molecular formula is C15H12ClN3. The number of hydrogen-bond donors (Lipinski definition) is 0. The van der Waals surface area contributed by atoms with Crippen LogP contribution in [0.25, 0.3) is 22.2 Å². The summed E-state index contributed by atoms with van der Waals surface area (Å²) in [6, 6.07) is 10.2. The quantitative estimate of drug-likeness (QED) is 0.628. The Morgan fingerprint density at radius 2 is 1.84 bits per heavy atom. The monoisotopic (exact) mass is 269 g/mol. The fraction of sp³-hybridized carbons (Fsp3) is 0.133. The van der Waals surface area contributed by atoms with Crippen LogP contribution in [-0.2, 0) is 0 Å². The topological polar surface area (TPSA) is 38.7 Å². The van der Waals surface area contributed by atoms with Crippen LogP contribution in [0.5, 0.6) is 0 Å². The summed E-state index contributed by atoms with van der Waals surface area (Å²) in [5.74, 6) is 0. The summed E-state index contributed by atoms with van der Waals surface area (Å²) < 4.78 is 0. The summed E-state index contributed by atoms with van der Waals surface area (Å²) in [5, 5.41) is 1.36.